The summed E-state index contributed by atoms with van der Waals surface area (Å²) in [5.41, 5.74) is 0.703. The summed E-state index contributed by atoms with van der Waals surface area (Å²) in [5.74, 6) is 0.0456. The van der Waals surface area contributed by atoms with Crippen LogP contribution in [0, 0.1) is 0 Å². The fraction of sp³-hybridized carbons (Fsp3) is 0.500. The van der Waals surface area contributed by atoms with Crippen molar-refractivity contribution in [3.8, 4) is 11.5 Å². The SMILES string of the molecule is COc1cc(/C=C/C(=O)OCC(=O)N(C)[C@@H]2CCS(=O)(=O)C2)ccc1OC(C)C. The number of amides is 1. The number of nitrogens with zero attached hydrogens (tertiary/aromatic N) is 1. The maximum Gasteiger partial charge on any atom is 0.331 e. The van der Waals surface area contributed by atoms with Crippen LogP contribution < -0.4 is 9.47 Å². The number of ether oxygens (including phenoxy) is 3. The molecule has 0 aromatic heterocycles. The zero-order chi connectivity index (χ0) is 21.6. The van der Waals surface area contributed by atoms with Crippen molar-refractivity contribution < 1.29 is 32.2 Å². The van der Waals surface area contributed by atoms with Gasteiger partial charge in [-0.1, -0.05) is 6.07 Å². The fourth-order valence-corrected chi connectivity index (χ4v) is 4.65. The molecule has 0 N–H and O–H groups in total. The monoisotopic (exact) mass is 425 g/mol. The lowest BCUT2D eigenvalue weighted by Gasteiger charge is -2.22. The number of carbonyl (C=O) groups excluding carboxylic acids is 2. The van der Waals surface area contributed by atoms with E-state index in [1.807, 2.05) is 13.8 Å². The van der Waals surface area contributed by atoms with Crippen LogP contribution in [0.4, 0.5) is 0 Å². The van der Waals surface area contributed by atoms with E-state index in [4.69, 9.17) is 14.2 Å². The van der Waals surface area contributed by atoms with Gasteiger partial charge in [0, 0.05) is 19.2 Å². The van der Waals surface area contributed by atoms with E-state index < -0.39 is 28.3 Å². The molecule has 1 aromatic carbocycles. The summed E-state index contributed by atoms with van der Waals surface area (Å²) in [6.45, 7) is 3.38. The van der Waals surface area contributed by atoms with Crippen molar-refractivity contribution >= 4 is 27.8 Å². The Balaban J connectivity index is 1.88. The van der Waals surface area contributed by atoms with Gasteiger partial charge in [0.1, 0.15) is 0 Å². The van der Waals surface area contributed by atoms with E-state index in [9.17, 15) is 18.0 Å². The number of carbonyl (C=O) groups is 2. The third-order valence-corrected chi connectivity index (χ3v) is 6.20. The van der Waals surface area contributed by atoms with Crippen LogP contribution in [0.5, 0.6) is 11.5 Å². The smallest absolute Gasteiger partial charge is 0.331 e. The topological polar surface area (TPSA) is 99.2 Å². The molecular weight excluding hydrogens is 398 g/mol. The first-order chi connectivity index (χ1) is 13.6. The summed E-state index contributed by atoms with van der Waals surface area (Å²) in [5, 5.41) is 0. The third-order valence-electron chi connectivity index (χ3n) is 4.45. The van der Waals surface area contributed by atoms with Crippen LogP contribution in [0.15, 0.2) is 24.3 Å². The van der Waals surface area contributed by atoms with Crippen LogP contribution in [-0.2, 0) is 24.2 Å². The van der Waals surface area contributed by atoms with Gasteiger partial charge in [-0.25, -0.2) is 13.2 Å². The molecule has 8 nitrogen and oxygen atoms in total. The molecule has 29 heavy (non-hydrogen) atoms. The van der Waals surface area contributed by atoms with Crippen LogP contribution in [0.3, 0.4) is 0 Å². The molecule has 9 heteroatoms. The van der Waals surface area contributed by atoms with E-state index in [-0.39, 0.29) is 23.7 Å². The standard InChI is InChI=1S/C20H27NO7S/c1-14(2)28-17-7-5-15(11-18(17)26-4)6-8-20(23)27-12-19(22)21(3)16-9-10-29(24,25)13-16/h5-8,11,14,16H,9-10,12-13H2,1-4H3/b8-6+/t16-/m1/s1. The molecule has 0 spiro atoms. The predicted octanol–water partition coefficient (Wildman–Crippen LogP) is 1.68. The van der Waals surface area contributed by atoms with Gasteiger partial charge in [-0.15, -0.1) is 0 Å². The van der Waals surface area contributed by atoms with Gasteiger partial charge in [0.15, 0.2) is 27.9 Å². The van der Waals surface area contributed by atoms with Crippen molar-refractivity contribution in [1.29, 1.82) is 0 Å². The maximum absolute atomic E-state index is 12.1. The van der Waals surface area contributed by atoms with Crippen molar-refractivity contribution in [2.75, 3.05) is 32.3 Å². The molecule has 1 fully saturated rings. The minimum Gasteiger partial charge on any atom is -0.493 e. The summed E-state index contributed by atoms with van der Waals surface area (Å²) in [4.78, 5) is 25.4. The number of hydrogen-bond acceptors (Lipinski definition) is 7. The van der Waals surface area contributed by atoms with Gasteiger partial charge in [0.2, 0.25) is 0 Å². The number of esters is 1. The molecule has 0 aliphatic carbocycles. The first-order valence-corrected chi connectivity index (χ1v) is 11.1. The Morgan fingerprint density at radius 1 is 1.28 bits per heavy atom. The van der Waals surface area contributed by atoms with Crippen molar-refractivity contribution in [1.82, 2.24) is 4.90 Å². The van der Waals surface area contributed by atoms with Crippen LogP contribution in [0.1, 0.15) is 25.8 Å². The largest absolute Gasteiger partial charge is 0.493 e. The first kappa shape index (κ1) is 22.7. The van der Waals surface area contributed by atoms with E-state index in [0.717, 1.165) is 0 Å². The highest BCUT2D eigenvalue weighted by Crippen LogP contribution is 2.29. The lowest BCUT2D eigenvalue weighted by atomic mass is 10.2. The molecule has 1 aliphatic heterocycles. The van der Waals surface area contributed by atoms with Gasteiger partial charge in [-0.05, 0) is 44.0 Å². The zero-order valence-corrected chi connectivity index (χ0v) is 17.9. The minimum atomic E-state index is -3.09. The lowest BCUT2D eigenvalue weighted by Crippen LogP contribution is -2.40. The molecule has 0 unspecified atom stereocenters. The second-order valence-corrected chi connectivity index (χ2v) is 9.31. The van der Waals surface area contributed by atoms with E-state index >= 15 is 0 Å². The summed E-state index contributed by atoms with van der Waals surface area (Å²) in [6, 6.07) is 4.86. The summed E-state index contributed by atoms with van der Waals surface area (Å²) in [7, 11) is -0.0441. The number of sulfone groups is 1. The van der Waals surface area contributed by atoms with Gasteiger partial charge < -0.3 is 19.1 Å². The molecule has 1 aliphatic rings. The van der Waals surface area contributed by atoms with Gasteiger partial charge >= 0.3 is 5.97 Å². The molecule has 2 rings (SSSR count). The Morgan fingerprint density at radius 2 is 2.00 bits per heavy atom. The molecule has 1 saturated heterocycles. The van der Waals surface area contributed by atoms with Gasteiger partial charge in [-0.2, -0.15) is 0 Å². The molecule has 1 aromatic rings. The first-order valence-electron chi connectivity index (χ1n) is 9.27. The summed E-state index contributed by atoms with van der Waals surface area (Å²) < 4.78 is 38.9. The Kier molecular flexibility index (Phi) is 7.66. The Labute approximate surface area is 171 Å². The van der Waals surface area contributed by atoms with Gasteiger partial charge in [0.25, 0.3) is 5.91 Å². The molecule has 160 valence electrons. The van der Waals surface area contributed by atoms with Gasteiger partial charge in [-0.3, -0.25) is 4.79 Å². The number of rotatable bonds is 8. The van der Waals surface area contributed by atoms with Crippen molar-refractivity contribution in [3.05, 3.63) is 29.8 Å². The van der Waals surface area contributed by atoms with Gasteiger partial charge in [0.05, 0.1) is 24.7 Å². The average molecular weight is 426 g/mol. The molecule has 1 amide bonds. The maximum atomic E-state index is 12.1. The van der Waals surface area contributed by atoms with Crippen LogP contribution in [0.25, 0.3) is 6.08 Å². The zero-order valence-electron chi connectivity index (χ0n) is 17.1. The molecular formula is C20H27NO7S. The van der Waals surface area contributed by atoms with E-state index in [0.29, 0.717) is 23.5 Å². The van der Waals surface area contributed by atoms with Crippen molar-refractivity contribution in [3.63, 3.8) is 0 Å². The average Bonchev–Trinajstić information content (AvgIpc) is 3.03. The number of hydrogen-bond donors (Lipinski definition) is 0. The Morgan fingerprint density at radius 3 is 2.59 bits per heavy atom. The molecule has 1 atom stereocenters. The van der Waals surface area contributed by atoms with Crippen LogP contribution >= 0.6 is 0 Å². The van der Waals surface area contributed by atoms with E-state index in [1.165, 1.54) is 25.1 Å². The highest BCUT2D eigenvalue weighted by Gasteiger charge is 2.32. The predicted molar refractivity (Wildman–Crippen MR) is 109 cm³/mol. The molecule has 0 radical (unpaired) electrons. The van der Waals surface area contributed by atoms with E-state index in [1.54, 1.807) is 24.3 Å². The highest BCUT2D eigenvalue weighted by molar-refractivity contribution is 7.91. The molecule has 0 bridgehead atoms. The van der Waals surface area contributed by atoms with Crippen molar-refractivity contribution in [2.45, 2.75) is 32.4 Å². The Bertz CT molecular complexity index is 877. The molecule has 0 saturated carbocycles. The van der Waals surface area contributed by atoms with Crippen molar-refractivity contribution in [2.24, 2.45) is 0 Å². The number of likely N-dealkylation sites (N-methyl/N-ethyl adjacent to an activating group) is 1. The third kappa shape index (κ3) is 6.77. The highest BCUT2D eigenvalue weighted by atomic mass is 32.2. The lowest BCUT2D eigenvalue weighted by molar-refractivity contribution is -0.148. The van der Waals surface area contributed by atoms with Crippen LogP contribution in [-0.4, -0.2) is 69.6 Å². The Hall–Kier alpha value is -2.55. The molecule has 1 heterocycles. The van der Waals surface area contributed by atoms with E-state index in [2.05, 4.69) is 0 Å². The fourth-order valence-electron chi connectivity index (χ4n) is 2.87. The van der Waals surface area contributed by atoms with Crippen LogP contribution in [0.2, 0.25) is 0 Å². The second kappa shape index (κ2) is 9.78. The minimum absolute atomic E-state index is 0.000258. The number of methoxy groups -OCH3 is 1. The summed E-state index contributed by atoms with van der Waals surface area (Å²) in [6.07, 6.45) is 3.16. The number of benzene rings is 1. The quantitative estimate of drug-likeness (QED) is 0.462. The second-order valence-electron chi connectivity index (χ2n) is 7.08. The summed E-state index contributed by atoms with van der Waals surface area (Å²) >= 11 is 0. The normalized spacial score (nSPS) is 18.0.